The Bertz CT molecular complexity index is 1270. The van der Waals surface area contributed by atoms with Crippen LogP contribution in [0.1, 0.15) is 69.5 Å². The molecule has 4 N–H and O–H groups in total. The maximum atomic E-state index is 14.1. The molecule has 11 nitrogen and oxygen atoms in total. The lowest BCUT2D eigenvalue weighted by Gasteiger charge is -2.32. The summed E-state index contributed by atoms with van der Waals surface area (Å²) in [5.74, 6) is -1.88. The van der Waals surface area contributed by atoms with Gasteiger partial charge < -0.3 is 30.7 Å². The zero-order chi connectivity index (χ0) is 33.6. The van der Waals surface area contributed by atoms with Crippen LogP contribution in [-0.4, -0.2) is 90.2 Å². The summed E-state index contributed by atoms with van der Waals surface area (Å²) < 4.78 is 5.40. The third kappa shape index (κ3) is 11.7. The fraction of sp³-hybridized carbons (Fsp3) is 0.629. The Morgan fingerprint density at radius 1 is 1.00 bits per heavy atom. The second kappa shape index (κ2) is 18.8. The van der Waals surface area contributed by atoms with Crippen LogP contribution in [0.5, 0.6) is 0 Å². The fourth-order valence-corrected chi connectivity index (χ4v) is 7.18. The van der Waals surface area contributed by atoms with Crippen LogP contribution >= 0.6 is 11.3 Å². The lowest BCUT2D eigenvalue weighted by molar-refractivity contribution is -0.140. The molecular weight excluding hydrogens is 618 g/mol. The number of nitrogens with zero attached hydrogens (tertiary/aromatic N) is 2. The molecule has 2 heterocycles. The number of nitrogens with one attached hydrogen (secondary N) is 3. The van der Waals surface area contributed by atoms with Crippen LogP contribution in [0.25, 0.3) is 0 Å². The van der Waals surface area contributed by atoms with E-state index in [1.165, 1.54) is 17.8 Å². The van der Waals surface area contributed by atoms with Crippen molar-refractivity contribution in [2.24, 2.45) is 17.8 Å². The van der Waals surface area contributed by atoms with Crippen molar-refractivity contribution in [2.75, 3.05) is 33.4 Å². The maximum absolute atomic E-state index is 14.1. The first-order valence-corrected chi connectivity index (χ1v) is 17.9. The Hall–Kier alpha value is -3.35. The van der Waals surface area contributed by atoms with E-state index in [4.69, 9.17) is 4.74 Å². The molecule has 1 aliphatic heterocycles. The zero-order valence-corrected chi connectivity index (χ0v) is 28.5. The number of carbonyl (C=O) groups is 4. The molecule has 5 atom stereocenters. The molecule has 4 unspecified atom stereocenters. The van der Waals surface area contributed by atoms with Crippen molar-refractivity contribution in [3.8, 4) is 0 Å². The molecule has 0 radical (unpaired) electrons. The molecule has 4 rings (SSSR count). The molecule has 2 fully saturated rings. The van der Waals surface area contributed by atoms with Crippen LogP contribution < -0.4 is 16.0 Å². The van der Waals surface area contributed by atoms with E-state index in [-0.39, 0.29) is 37.0 Å². The summed E-state index contributed by atoms with van der Waals surface area (Å²) in [6.07, 6.45) is 5.83. The molecule has 1 saturated heterocycles. The van der Waals surface area contributed by atoms with Crippen LogP contribution in [-0.2, 0) is 36.8 Å². The van der Waals surface area contributed by atoms with Gasteiger partial charge in [0.1, 0.15) is 6.04 Å². The van der Waals surface area contributed by atoms with Gasteiger partial charge in [-0.25, -0.2) is 4.98 Å². The number of ether oxygens (including phenoxy) is 1. The average molecular weight is 670 g/mol. The quantitative estimate of drug-likeness (QED) is 0.215. The second-order valence-corrected chi connectivity index (χ2v) is 13.7. The molecule has 1 aromatic heterocycles. The molecule has 0 spiro atoms. The molecule has 2 aliphatic rings. The van der Waals surface area contributed by atoms with Crippen LogP contribution in [0, 0.1) is 17.8 Å². The molecule has 4 amide bonds. The van der Waals surface area contributed by atoms with Crippen molar-refractivity contribution in [1.29, 1.82) is 0 Å². The number of hydrogen-bond donors (Lipinski definition) is 4. The lowest BCUT2D eigenvalue weighted by atomic mass is 9.82. The van der Waals surface area contributed by atoms with Gasteiger partial charge in [0.05, 0.1) is 42.5 Å². The summed E-state index contributed by atoms with van der Waals surface area (Å²) in [6, 6.07) is 7.99. The van der Waals surface area contributed by atoms with Crippen molar-refractivity contribution in [3.05, 3.63) is 52.5 Å². The number of rotatable bonds is 16. The number of aliphatic hydroxyl groups excluding tert-OH is 1. The van der Waals surface area contributed by atoms with E-state index in [2.05, 4.69) is 20.9 Å². The van der Waals surface area contributed by atoms with Crippen molar-refractivity contribution in [1.82, 2.24) is 25.8 Å². The lowest BCUT2D eigenvalue weighted by Crippen LogP contribution is -2.55. The molecule has 1 aromatic carbocycles. The molecule has 1 saturated carbocycles. The van der Waals surface area contributed by atoms with Gasteiger partial charge in [-0.15, -0.1) is 11.3 Å². The van der Waals surface area contributed by atoms with Gasteiger partial charge in [-0.05, 0) is 30.7 Å². The van der Waals surface area contributed by atoms with Gasteiger partial charge in [-0.1, -0.05) is 69.4 Å². The summed E-state index contributed by atoms with van der Waals surface area (Å²) >= 11 is 1.40. The largest absolute Gasteiger partial charge is 0.391 e. The summed E-state index contributed by atoms with van der Waals surface area (Å²) in [4.78, 5) is 59.7. The third-order valence-corrected chi connectivity index (χ3v) is 10.0. The number of aliphatic hydroxyl groups is 1. The van der Waals surface area contributed by atoms with Crippen molar-refractivity contribution in [3.63, 3.8) is 0 Å². The molecule has 1 aliphatic carbocycles. The number of morpholine rings is 1. The summed E-state index contributed by atoms with van der Waals surface area (Å²) in [7, 11) is 1.57. The summed E-state index contributed by atoms with van der Waals surface area (Å²) in [5.41, 5.74) is 3.27. The Labute approximate surface area is 282 Å². The van der Waals surface area contributed by atoms with E-state index in [9.17, 15) is 24.3 Å². The molecule has 258 valence electrons. The fourth-order valence-electron chi connectivity index (χ4n) is 6.61. The van der Waals surface area contributed by atoms with E-state index in [0.29, 0.717) is 50.8 Å². The Morgan fingerprint density at radius 2 is 1.72 bits per heavy atom. The Morgan fingerprint density at radius 3 is 2.38 bits per heavy atom. The smallest absolute Gasteiger partial charge is 0.243 e. The minimum absolute atomic E-state index is 0.00612. The van der Waals surface area contributed by atoms with E-state index < -0.39 is 35.9 Å². The van der Waals surface area contributed by atoms with Gasteiger partial charge in [0.15, 0.2) is 0 Å². The van der Waals surface area contributed by atoms with E-state index in [1.54, 1.807) is 24.4 Å². The highest BCUT2D eigenvalue weighted by atomic mass is 32.1. The summed E-state index contributed by atoms with van der Waals surface area (Å²) in [6.45, 7) is 3.66. The number of aromatic nitrogens is 1. The van der Waals surface area contributed by atoms with E-state index in [1.807, 2.05) is 35.7 Å². The molecular formula is C35H51N5O6S. The number of amides is 4. The first-order chi connectivity index (χ1) is 22.7. The van der Waals surface area contributed by atoms with E-state index in [0.717, 1.165) is 31.2 Å². The summed E-state index contributed by atoms with van der Waals surface area (Å²) in [5, 5.41) is 21.9. The number of thiazole rings is 1. The standard InChI is InChI=1S/C35H51N5O6S/c1-24(33(43)36-2)17-31(41)29(19-26-11-7-4-8-12-26)38-35(45)30(21-28-22-47-23-37-28)39-34(44)27(18-25-9-5-3-6-10-25)20-32(42)40-13-15-46-16-14-40/h3,5-6,9-10,22-24,26-27,29-31,41H,4,7-8,11-21H2,1-2H3,(H,36,43)(H,38,45)(H,39,44)/t24?,27?,29?,30-,31?/m0/s1. The molecule has 47 heavy (non-hydrogen) atoms. The first kappa shape index (κ1) is 36.5. The van der Waals surface area contributed by atoms with Crippen molar-refractivity contribution < 1.29 is 29.0 Å². The molecule has 12 heteroatoms. The minimum Gasteiger partial charge on any atom is -0.391 e. The first-order valence-electron chi connectivity index (χ1n) is 17.0. The van der Waals surface area contributed by atoms with Gasteiger partial charge in [0.2, 0.25) is 23.6 Å². The predicted octanol–water partition coefficient (Wildman–Crippen LogP) is 2.87. The SMILES string of the molecule is CNC(=O)C(C)CC(O)C(CC1CCCCC1)NC(=O)[C@H](Cc1cscn1)NC(=O)C(CC(=O)N1CCOCC1)Cc1ccccc1. The van der Waals surface area contributed by atoms with E-state index >= 15 is 0 Å². The molecule has 0 bridgehead atoms. The van der Waals surface area contributed by atoms with Gasteiger partial charge in [-0.3, -0.25) is 19.2 Å². The highest BCUT2D eigenvalue weighted by Gasteiger charge is 2.33. The predicted molar refractivity (Wildman–Crippen MR) is 180 cm³/mol. The number of hydrogen-bond acceptors (Lipinski definition) is 8. The second-order valence-electron chi connectivity index (χ2n) is 13.0. The monoisotopic (exact) mass is 669 g/mol. The van der Waals surface area contributed by atoms with Crippen LogP contribution in [0.3, 0.4) is 0 Å². The Kier molecular flexibility index (Phi) is 14.6. The highest BCUT2D eigenvalue weighted by Crippen LogP contribution is 2.29. The normalized spacial score (nSPS) is 18.7. The zero-order valence-electron chi connectivity index (χ0n) is 27.7. The van der Waals surface area contributed by atoms with Gasteiger partial charge >= 0.3 is 0 Å². The van der Waals surface area contributed by atoms with Crippen molar-refractivity contribution >= 4 is 35.0 Å². The van der Waals surface area contributed by atoms with Gasteiger partial charge in [0.25, 0.3) is 0 Å². The van der Waals surface area contributed by atoms with Crippen molar-refractivity contribution in [2.45, 2.75) is 89.3 Å². The Balaban J connectivity index is 1.53. The highest BCUT2D eigenvalue weighted by molar-refractivity contribution is 7.07. The maximum Gasteiger partial charge on any atom is 0.243 e. The number of benzene rings is 1. The number of carbonyl (C=O) groups excluding carboxylic acids is 4. The van der Waals surface area contributed by atoms with Crippen LogP contribution in [0.4, 0.5) is 0 Å². The topological polar surface area (TPSA) is 150 Å². The van der Waals surface area contributed by atoms with Crippen LogP contribution in [0.2, 0.25) is 0 Å². The van der Waals surface area contributed by atoms with Gasteiger partial charge in [-0.2, -0.15) is 0 Å². The average Bonchev–Trinajstić information content (AvgIpc) is 3.61. The van der Waals surface area contributed by atoms with Gasteiger partial charge in [0, 0.05) is 44.3 Å². The third-order valence-electron chi connectivity index (χ3n) is 9.40. The van der Waals surface area contributed by atoms with Crippen LogP contribution in [0.15, 0.2) is 41.2 Å². The molecule has 2 aromatic rings. The minimum atomic E-state index is -0.973.